The van der Waals surface area contributed by atoms with Gasteiger partial charge in [-0.25, -0.2) is 0 Å². The highest BCUT2D eigenvalue weighted by molar-refractivity contribution is 7.20. The molecule has 0 saturated heterocycles. The van der Waals surface area contributed by atoms with E-state index in [0.717, 1.165) is 39.5 Å². The van der Waals surface area contributed by atoms with Crippen LogP contribution in [0, 0.1) is 0 Å². The minimum atomic E-state index is 0.0810. The zero-order chi connectivity index (χ0) is 15.5. The van der Waals surface area contributed by atoms with Gasteiger partial charge in [-0.2, -0.15) is 5.10 Å². The van der Waals surface area contributed by atoms with Crippen LogP contribution in [0.5, 0.6) is 5.75 Å². The van der Waals surface area contributed by atoms with E-state index in [-0.39, 0.29) is 6.04 Å². The minimum Gasteiger partial charge on any atom is -0.493 e. The van der Waals surface area contributed by atoms with Crippen LogP contribution in [0.3, 0.4) is 0 Å². The highest BCUT2D eigenvalue weighted by atomic mass is 32.1. The average Bonchev–Trinajstić information content (AvgIpc) is 3.11. The van der Waals surface area contributed by atoms with E-state index in [1.54, 1.807) is 36.0 Å². The maximum Gasteiger partial charge on any atom is 0.161 e. The molecule has 3 N–H and O–H groups in total. The predicted octanol–water partition coefficient (Wildman–Crippen LogP) is 3.26. The number of nitrogens with two attached hydrogens (primary N) is 1. The average molecular weight is 334 g/mol. The Balaban J connectivity index is 1.95. The largest absolute Gasteiger partial charge is 0.493 e. The van der Waals surface area contributed by atoms with Gasteiger partial charge in [0.05, 0.1) is 28.6 Å². The van der Waals surface area contributed by atoms with Gasteiger partial charge in [0.1, 0.15) is 5.52 Å². The number of aromatic nitrogens is 2. The fourth-order valence-corrected chi connectivity index (χ4v) is 4.26. The van der Waals surface area contributed by atoms with Gasteiger partial charge in [-0.1, -0.05) is 6.07 Å². The Morgan fingerprint density at radius 3 is 3.00 bits per heavy atom. The molecule has 0 aliphatic heterocycles. The monoisotopic (exact) mass is 334 g/mol. The zero-order valence-electron chi connectivity index (χ0n) is 12.5. The number of nitrogens with zero attached hydrogens (tertiary/aromatic N) is 2. The molecule has 0 radical (unpaired) electrons. The van der Waals surface area contributed by atoms with Crippen molar-refractivity contribution in [1.29, 1.82) is 0 Å². The number of methoxy groups -OCH3 is 1. The number of anilines is 1. The highest BCUT2D eigenvalue weighted by Crippen LogP contribution is 2.40. The van der Waals surface area contributed by atoms with Crippen LogP contribution >= 0.6 is 22.7 Å². The Kier molecular flexibility index (Phi) is 4.56. The van der Waals surface area contributed by atoms with Gasteiger partial charge in [0.2, 0.25) is 0 Å². The minimum absolute atomic E-state index is 0.0810. The van der Waals surface area contributed by atoms with Crippen LogP contribution < -0.4 is 15.8 Å². The van der Waals surface area contributed by atoms with E-state index in [1.807, 2.05) is 6.92 Å². The molecule has 0 fully saturated rings. The molecule has 7 heteroatoms. The third kappa shape index (κ3) is 3.06. The van der Waals surface area contributed by atoms with Crippen molar-refractivity contribution in [2.75, 3.05) is 12.4 Å². The fraction of sp³-hybridized carbons (Fsp3) is 0.333. The Labute approximate surface area is 137 Å². The fourth-order valence-electron chi connectivity index (χ4n) is 2.29. The number of thiophene rings is 2. The Morgan fingerprint density at radius 2 is 2.32 bits per heavy atom. The van der Waals surface area contributed by atoms with Crippen molar-refractivity contribution in [1.82, 2.24) is 10.2 Å². The summed E-state index contributed by atoms with van der Waals surface area (Å²) in [5.41, 5.74) is 7.72. The first kappa shape index (κ1) is 15.2. The predicted molar refractivity (Wildman–Crippen MR) is 93.0 cm³/mol. The molecule has 0 spiro atoms. The molecule has 0 amide bonds. The maximum atomic E-state index is 5.93. The Bertz CT molecular complexity index is 752. The Hall–Kier alpha value is -1.70. The quantitative estimate of drug-likeness (QED) is 0.724. The molecule has 5 nitrogen and oxygen atoms in total. The number of hydrogen-bond donors (Lipinski definition) is 2. The summed E-state index contributed by atoms with van der Waals surface area (Å²) in [6.07, 6.45) is 2.54. The molecule has 1 unspecified atom stereocenters. The molecule has 3 heterocycles. The van der Waals surface area contributed by atoms with E-state index < -0.39 is 0 Å². The molecule has 0 bridgehead atoms. The lowest BCUT2D eigenvalue weighted by molar-refractivity contribution is 0.414. The molecule has 0 aliphatic rings. The smallest absolute Gasteiger partial charge is 0.161 e. The van der Waals surface area contributed by atoms with Crippen molar-refractivity contribution in [3.8, 4) is 5.75 Å². The molecule has 22 heavy (non-hydrogen) atoms. The molecule has 0 aliphatic carbocycles. The first-order valence-electron chi connectivity index (χ1n) is 7.02. The summed E-state index contributed by atoms with van der Waals surface area (Å²) in [6, 6.07) is 4.24. The summed E-state index contributed by atoms with van der Waals surface area (Å²) in [5, 5.41) is 13.9. The van der Waals surface area contributed by atoms with Gasteiger partial charge < -0.3 is 15.8 Å². The summed E-state index contributed by atoms with van der Waals surface area (Å²) < 4.78 is 6.60. The molecule has 0 saturated carbocycles. The van der Waals surface area contributed by atoms with Gasteiger partial charge in [-0.05, 0) is 18.4 Å². The zero-order valence-corrected chi connectivity index (χ0v) is 14.1. The number of hydrogen-bond acceptors (Lipinski definition) is 7. The standard InChI is InChI=1S/C15H18N4OS2/c1-9(16)6-12-14(20-2)13-15(22-12)11(8-18-19-13)17-7-10-4-3-5-21-10/h3-5,8-9H,6-7,16H2,1-2H3,(H,17,19). The van der Waals surface area contributed by atoms with Gasteiger partial charge in [-0.3, -0.25) is 0 Å². The lowest BCUT2D eigenvalue weighted by Crippen LogP contribution is -2.17. The number of nitrogens with one attached hydrogen (secondary N) is 1. The molecule has 116 valence electrons. The summed E-state index contributed by atoms with van der Waals surface area (Å²) in [4.78, 5) is 2.40. The molecular formula is C15H18N4OS2. The molecule has 3 aromatic heterocycles. The van der Waals surface area contributed by atoms with Crippen molar-refractivity contribution in [3.05, 3.63) is 33.5 Å². The van der Waals surface area contributed by atoms with Crippen molar-refractivity contribution in [2.24, 2.45) is 5.73 Å². The second-order valence-electron chi connectivity index (χ2n) is 5.11. The van der Waals surface area contributed by atoms with Crippen molar-refractivity contribution >= 4 is 38.6 Å². The van der Waals surface area contributed by atoms with Gasteiger partial charge in [0.25, 0.3) is 0 Å². The van der Waals surface area contributed by atoms with Crippen LogP contribution in [-0.4, -0.2) is 23.3 Å². The molecular weight excluding hydrogens is 316 g/mol. The molecule has 1 atom stereocenters. The number of fused-ring (bicyclic) bond motifs is 1. The summed E-state index contributed by atoms with van der Waals surface area (Å²) >= 11 is 3.41. The van der Waals surface area contributed by atoms with E-state index in [0.29, 0.717) is 0 Å². The third-order valence-electron chi connectivity index (χ3n) is 3.24. The van der Waals surface area contributed by atoms with Gasteiger partial charge in [-0.15, -0.1) is 27.8 Å². The van der Waals surface area contributed by atoms with E-state index in [2.05, 4.69) is 33.0 Å². The first-order valence-corrected chi connectivity index (χ1v) is 8.71. The van der Waals surface area contributed by atoms with E-state index in [4.69, 9.17) is 10.5 Å². The van der Waals surface area contributed by atoms with Crippen molar-refractivity contribution < 1.29 is 4.74 Å². The summed E-state index contributed by atoms with van der Waals surface area (Å²) in [5.74, 6) is 0.796. The third-order valence-corrected chi connectivity index (χ3v) is 5.33. The van der Waals surface area contributed by atoms with Crippen LogP contribution in [0.4, 0.5) is 5.69 Å². The van der Waals surface area contributed by atoms with Crippen molar-refractivity contribution in [3.63, 3.8) is 0 Å². The molecule has 0 aromatic carbocycles. The van der Waals surface area contributed by atoms with E-state index in [1.165, 1.54) is 4.88 Å². The molecule has 3 rings (SSSR count). The number of ether oxygens (including phenoxy) is 1. The van der Waals surface area contributed by atoms with E-state index in [9.17, 15) is 0 Å². The van der Waals surface area contributed by atoms with Crippen molar-refractivity contribution in [2.45, 2.75) is 25.9 Å². The normalized spacial score (nSPS) is 12.5. The van der Waals surface area contributed by atoms with Crippen LogP contribution in [0.2, 0.25) is 0 Å². The number of rotatable bonds is 6. The summed E-state index contributed by atoms with van der Waals surface area (Å²) in [6.45, 7) is 2.77. The second kappa shape index (κ2) is 6.60. The summed E-state index contributed by atoms with van der Waals surface area (Å²) in [7, 11) is 1.67. The van der Waals surface area contributed by atoms with Gasteiger partial charge in [0, 0.05) is 23.9 Å². The lowest BCUT2D eigenvalue weighted by Gasteiger charge is -2.05. The van der Waals surface area contributed by atoms with Crippen LogP contribution in [0.25, 0.3) is 10.2 Å². The first-order chi connectivity index (χ1) is 10.7. The lowest BCUT2D eigenvalue weighted by atomic mass is 10.2. The topological polar surface area (TPSA) is 73.1 Å². The van der Waals surface area contributed by atoms with Crippen LogP contribution in [-0.2, 0) is 13.0 Å². The molecule has 3 aromatic rings. The highest BCUT2D eigenvalue weighted by Gasteiger charge is 2.18. The van der Waals surface area contributed by atoms with Crippen LogP contribution in [0.15, 0.2) is 23.7 Å². The second-order valence-corrected chi connectivity index (χ2v) is 7.25. The SMILES string of the molecule is COc1c(CC(C)N)sc2c(NCc3cccs3)cnnc12. The van der Waals surface area contributed by atoms with Crippen LogP contribution in [0.1, 0.15) is 16.7 Å². The Morgan fingerprint density at radius 1 is 1.45 bits per heavy atom. The van der Waals surface area contributed by atoms with Gasteiger partial charge in [0.15, 0.2) is 5.75 Å². The van der Waals surface area contributed by atoms with E-state index >= 15 is 0 Å². The van der Waals surface area contributed by atoms with Gasteiger partial charge >= 0.3 is 0 Å². The maximum absolute atomic E-state index is 5.93.